The van der Waals surface area contributed by atoms with Crippen molar-refractivity contribution in [1.82, 2.24) is 15.0 Å². The van der Waals surface area contributed by atoms with E-state index in [9.17, 15) is 5.26 Å². The number of nitriles is 1. The lowest BCUT2D eigenvalue weighted by Crippen LogP contribution is -2.00. The van der Waals surface area contributed by atoms with Gasteiger partial charge in [-0.05, 0) is 89.0 Å². The van der Waals surface area contributed by atoms with E-state index in [0.717, 1.165) is 60.8 Å². The molecule has 64 heavy (non-hydrogen) atoms. The first kappa shape index (κ1) is 37.0. The van der Waals surface area contributed by atoms with Crippen LogP contribution in [0.2, 0.25) is 0 Å². The minimum atomic E-state index is 0.638. The summed E-state index contributed by atoms with van der Waals surface area (Å²) in [4.78, 5) is 14.7. The first-order valence-electron chi connectivity index (χ1n) is 21.5. The van der Waals surface area contributed by atoms with Crippen LogP contribution in [0.3, 0.4) is 0 Å². The predicted molar refractivity (Wildman–Crippen MR) is 262 cm³/mol. The number of rotatable bonds is 7. The van der Waals surface area contributed by atoms with Crippen LogP contribution in [-0.4, -0.2) is 15.0 Å². The van der Waals surface area contributed by atoms with Crippen molar-refractivity contribution >= 4 is 21.5 Å². The van der Waals surface area contributed by atoms with E-state index < -0.39 is 0 Å². The van der Waals surface area contributed by atoms with Gasteiger partial charge in [0.2, 0.25) is 0 Å². The van der Waals surface area contributed by atoms with Crippen LogP contribution >= 0.6 is 0 Å². The topological polar surface area (TPSA) is 62.5 Å². The zero-order valence-corrected chi connectivity index (χ0v) is 34.6. The normalized spacial score (nSPS) is 11.4. The van der Waals surface area contributed by atoms with Crippen LogP contribution < -0.4 is 0 Å². The Kier molecular flexibility index (Phi) is 8.84. The molecule has 1 aliphatic rings. The molecule has 0 radical (unpaired) electrons. The third kappa shape index (κ3) is 6.26. The highest BCUT2D eigenvalue weighted by Crippen LogP contribution is 2.52. The van der Waals surface area contributed by atoms with E-state index in [-0.39, 0.29) is 0 Å². The number of hydrogen-bond donors (Lipinski definition) is 0. The lowest BCUT2D eigenvalue weighted by atomic mass is 9.86. The van der Waals surface area contributed by atoms with Crippen molar-refractivity contribution in [2.24, 2.45) is 0 Å². The summed E-state index contributed by atoms with van der Waals surface area (Å²) in [6.07, 6.45) is 0. The molecule has 11 aromatic rings. The SMILES string of the molecule is N#Cc1cccc2c(-c3ccc4c5c(ccc(-c6ccc(-c7ccc(-c8ccc(-c9nc(-c%10ccccc%10)nc(-c%10ccccc%10)n9)cc8)cc7)cc6)c35)-c3ccccc3-4)cccc12. The van der Waals surface area contributed by atoms with Crippen LogP contribution in [0.1, 0.15) is 5.56 Å². The van der Waals surface area contributed by atoms with Gasteiger partial charge < -0.3 is 0 Å². The van der Waals surface area contributed by atoms with E-state index in [4.69, 9.17) is 15.0 Å². The predicted octanol–water partition coefficient (Wildman–Crippen LogP) is 15.4. The third-order valence-electron chi connectivity index (χ3n) is 12.6. The van der Waals surface area contributed by atoms with Gasteiger partial charge in [-0.15, -0.1) is 0 Å². The molecule has 0 bridgehead atoms. The highest BCUT2D eigenvalue weighted by molar-refractivity contribution is 6.23. The Hall–Kier alpha value is -8.78. The molecule has 10 aromatic carbocycles. The van der Waals surface area contributed by atoms with Gasteiger partial charge in [-0.2, -0.15) is 5.26 Å². The molecule has 296 valence electrons. The highest BCUT2D eigenvalue weighted by Gasteiger charge is 2.25. The van der Waals surface area contributed by atoms with E-state index in [1.54, 1.807) is 0 Å². The first-order valence-corrected chi connectivity index (χ1v) is 21.5. The molecule has 1 heterocycles. The molecule has 0 saturated carbocycles. The second-order valence-electron chi connectivity index (χ2n) is 16.2. The van der Waals surface area contributed by atoms with Crippen molar-refractivity contribution in [2.45, 2.75) is 0 Å². The van der Waals surface area contributed by atoms with Crippen LogP contribution in [0.25, 0.3) is 122 Å². The molecular weight excluding hydrogens is 777 g/mol. The molecule has 0 spiro atoms. The second-order valence-corrected chi connectivity index (χ2v) is 16.2. The van der Waals surface area contributed by atoms with Gasteiger partial charge in [-0.25, -0.2) is 15.0 Å². The third-order valence-corrected chi connectivity index (χ3v) is 12.6. The molecular formula is C60H36N4. The lowest BCUT2D eigenvalue weighted by molar-refractivity contribution is 1.07. The average Bonchev–Trinajstić information content (AvgIpc) is 3.71. The summed E-state index contributed by atoms with van der Waals surface area (Å²) in [6, 6.07) is 78.9. The second kappa shape index (κ2) is 15.3. The Balaban J connectivity index is 0.872. The van der Waals surface area contributed by atoms with Gasteiger partial charge in [0.15, 0.2) is 17.5 Å². The molecule has 0 saturated heterocycles. The standard InChI is InChI=1S/C60H36N4/c61-37-46-15-9-19-49-47(46)18-10-20-52(49)53-35-36-55-51-17-8-7-16-50(51)54-34-33-48(56(53)57(54)55)42-29-25-40(26-30-42)38-21-23-39(24-22-38)41-27-31-45(32-28-41)60-63-58(43-11-3-1-4-12-43)62-59(64-60)44-13-5-2-6-14-44/h1-36H. The summed E-state index contributed by atoms with van der Waals surface area (Å²) in [5.41, 5.74) is 17.8. The fourth-order valence-electron chi connectivity index (χ4n) is 9.45. The van der Waals surface area contributed by atoms with E-state index in [0.29, 0.717) is 23.0 Å². The zero-order chi connectivity index (χ0) is 42.6. The van der Waals surface area contributed by atoms with Gasteiger partial charge in [0, 0.05) is 22.1 Å². The number of aromatic nitrogens is 3. The summed E-state index contributed by atoms with van der Waals surface area (Å²) in [7, 11) is 0. The smallest absolute Gasteiger partial charge is 0.164 e. The number of hydrogen-bond acceptors (Lipinski definition) is 4. The van der Waals surface area contributed by atoms with Gasteiger partial charge in [0.05, 0.1) is 11.6 Å². The Bertz CT molecular complexity index is 3540. The van der Waals surface area contributed by atoms with Crippen LogP contribution in [0.5, 0.6) is 0 Å². The van der Waals surface area contributed by atoms with Crippen LogP contribution in [-0.2, 0) is 0 Å². The monoisotopic (exact) mass is 812 g/mol. The van der Waals surface area contributed by atoms with Crippen molar-refractivity contribution in [2.75, 3.05) is 0 Å². The Morgan fingerprint density at radius 2 is 0.609 bits per heavy atom. The van der Waals surface area contributed by atoms with Crippen molar-refractivity contribution in [3.8, 4) is 107 Å². The minimum absolute atomic E-state index is 0.638. The van der Waals surface area contributed by atoms with Gasteiger partial charge in [-0.1, -0.05) is 212 Å². The lowest BCUT2D eigenvalue weighted by Gasteiger charge is -2.17. The molecule has 0 unspecified atom stereocenters. The molecule has 0 fully saturated rings. The van der Waals surface area contributed by atoms with Gasteiger partial charge in [-0.3, -0.25) is 0 Å². The molecule has 4 nitrogen and oxygen atoms in total. The molecule has 0 atom stereocenters. The van der Waals surface area contributed by atoms with Crippen LogP contribution in [0, 0.1) is 11.3 Å². The van der Waals surface area contributed by atoms with Crippen LogP contribution in [0.4, 0.5) is 0 Å². The summed E-state index contributed by atoms with van der Waals surface area (Å²) in [5.74, 6) is 1.93. The summed E-state index contributed by atoms with van der Waals surface area (Å²) < 4.78 is 0. The van der Waals surface area contributed by atoms with Gasteiger partial charge >= 0.3 is 0 Å². The number of fused-ring (bicyclic) bond motifs is 4. The first-order chi connectivity index (χ1) is 31.7. The fourth-order valence-corrected chi connectivity index (χ4v) is 9.45. The molecule has 12 rings (SSSR count). The average molecular weight is 813 g/mol. The summed E-state index contributed by atoms with van der Waals surface area (Å²) in [6.45, 7) is 0. The minimum Gasteiger partial charge on any atom is -0.208 e. The zero-order valence-electron chi connectivity index (χ0n) is 34.6. The molecule has 1 aromatic heterocycles. The molecule has 0 N–H and O–H groups in total. The molecule has 0 aliphatic heterocycles. The Morgan fingerprint density at radius 1 is 0.250 bits per heavy atom. The number of nitrogens with zero attached hydrogens (tertiary/aromatic N) is 4. The Labute approximate surface area is 371 Å². The van der Waals surface area contributed by atoms with Gasteiger partial charge in [0.25, 0.3) is 0 Å². The highest BCUT2D eigenvalue weighted by atomic mass is 15.0. The van der Waals surface area contributed by atoms with Crippen molar-refractivity contribution in [3.63, 3.8) is 0 Å². The summed E-state index contributed by atoms with van der Waals surface area (Å²) >= 11 is 0. The van der Waals surface area contributed by atoms with Gasteiger partial charge in [0.1, 0.15) is 0 Å². The van der Waals surface area contributed by atoms with Crippen LogP contribution in [0.15, 0.2) is 218 Å². The molecule has 4 heteroatoms. The number of benzene rings is 10. The van der Waals surface area contributed by atoms with E-state index in [1.165, 1.54) is 44.2 Å². The molecule has 1 aliphatic carbocycles. The van der Waals surface area contributed by atoms with Crippen molar-refractivity contribution < 1.29 is 0 Å². The quantitative estimate of drug-likeness (QED) is 0.161. The maximum atomic E-state index is 9.97. The van der Waals surface area contributed by atoms with Crippen molar-refractivity contribution in [3.05, 3.63) is 224 Å². The largest absolute Gasteiger partial charge is 0.208 e. The van der Waals surface area contributed by atoms with Crippen molar-refractivity contribution in [1.29, 1.82) is 5.26 Å². The maximum absolute atomic E-state index is 9.97. The van der Waals surface area contributed by atoms with E-state index >= 15 is 0 Å². The maximum Gasteiger partial charge on any atom is 0.164 e. The Morgan fingerprint density at radius 3 is 1.11 bits per heavy atom. The summed E-state index contributed by atoms with van der Waals surface area (Å²) in [5, 5.41) is 14.5. The van der Waals surface area contributed by atoms with E-state index in [1.807, 2.05) is 72.8 Å². The molecule has 0 amide bonds. The fraction of sp³-hybridized carbons (Fsp3) is 0. The van der Waals surface area contributed by atoms with E-state index in [2.05, 4.69) is 152 Å².